The lowest BCUT2D eigenvalue weighted by Gasteiger charge is -2.26. The lowest BCUT2D eigenvalue weighted by Crippen LogP contribution is -2.29. The summed E-state index contributed by atoms with van der Waals surface area (Å²) in [4.78, 5) is 2.45. The van der Waals surface area contributed by atoms with Crippen LogP contribution < -0.4 is 10.6 Å². The zero-order chi connectivity index (χ0) is 20.1. The van der Waals surface area contributed by atoms with E-state index in [1.54, 1.807) is 6.20 Å². The molecule has 0 saturated heterocycles. The highest BCUT2D eigenvalue weighted by atomic mass is 15.1. The summed E-state index contributed by atoms with van der Waals surface area (Å²) in [6, 6.07) is 7.74. The highest BCUT2D eigenvalue weighted by molar-refractivity contribution is 5.58. The fourth-order valence-corrected chi connectivity index (χ4v) is 3.31. The Labute approximate surface area is 167 Å². The molecule has 0 saturated carbocycles. The van der Waals surface area contributed by atoms with E-state index in [2.05, 4.69) is 74.7 Å². The first-order valence-corrected chi connectivity index (χ1v) is 10.6. The van der Waals surface area contributed by atoms with Crippen molar-refractivity contribution in [2.45, 2.75) is 77.9 Å². The van der Waals surface area contributed by atoms with Crippen LogP contribution >= 0.6 is 0 Å². The normalized spacial score (nSPS) is 13.2. The molecular weight excluding hydrogens is 330 g/mol. The van der Waals surface area contributed by atoms with Crippen LogP contribution in [0.15, 0.2) is 37.6 Å². The zero-order valence-electron chi connectivity index (χ0n) is 18.1. The molecule has 0 aliphatic carbocycles. The van der Waals surface area contributed by atoms with Gasteiger partial charge in [-0.1, -0.05) is 51.5 Å². The maximum absolute atomic E-state index is 4.00. The molecule has 2 N–H and O–H groups in total. The first kappa shape index (κ1) is 23.3. The van der Waals surface area contributed by atoms with E-state index in [9.17, 15) is 0 Å². The van der Waals surface area contributed by atoms with E-state index in [1.807, 2.05) is 6.08 Å². The summed E-state index contributed by atoms with van der Waals surface area (Å²) in [6.07, 6.45) is 11.1. The van der Waals surface area contributed by atoms with Gasteiger partial charge in [0.05, 0.1) is 0 Å². The molecule has 0 aromatic heterocycles. The second-order valence-corrected chi connectivity index (χ2v) is 7.72. The van der Waals surface area contributed by atoms with Crippen LogP contribution in [-0.4, -0.2) is 30.6 Å². The minimum atomic E-state index is 0.508. The third-order valence-corrected chi connectivity index (χ3v) is 5.28. The molecule has 0 aliphatic rings. The lowest BCUT2D eigenvalue weighted by molar-refractivity contribution is 0.233. The molecule has 0 aliphatic heterocycles. The third kappa shape index (κ3) is 9.14. The molecule has 3 heteroatoms. The van der Waals surface area contributed by atoms with Gasteiger partial charge in [-0.3, -0.25) is 4.90 Å². The number of hydrogen-bond acceptors (Lipinski definition) is 3. The minimum absolute atomic E-state index is 0.508. The number of nitrogens with one attached hydrogen (secondary N) is 2. The second-order valence-electron chi connectivity index (χ2n) is 7.72. The monoisotopic (exact) mass is 371 g/mol. The first-order valence-electron chi connectivity index (χ1n) is 10.6. The van der Waals surface area contributed by atoms with E-state index in [-0.39, 0.29) is 0 Å². The number of anilines is 1. The number of benzene rings is 1. The van der Waals surface area contributed by atoms with Crippen molar-refractivity contribution in [2.75, 3.05) is 18.9 Å². The number of nitrogens with zero attached hydrogens (tertiary/aromatic N) is 1. The van der Waals surface area contributed by atoms with Crippen LogP contribution in [0.1, 0.15) is 70.4 Å². The van der Waals surface area contributed by atoms with Crippen LogP contribution in [-0.2, 0) is 6.54 Å². The molecule has 0 radical (unpaired) electrons. The van der Waals surface area contributed by atoms with Crippen molar-refractivity contribution in [1.29, 1.82) is 0 Å². The molecule has 0 bridgehead atoms. The Kier molecular flexibility index (Phi) is 11.6. The molecule has 1 rings (SSSR count). The van der Waals surface area contributed by atoms with Gasteiger partial charge in [0.1, 0.15) is 0 Å². The van der Waals surface area contributed by atoms with Crippen molar-refractivity contribution >= 4 is 11.8 Å². The van der Waals surface area contributed by atoms with Crippen molar-refractivity contribution in [2.24, 2.45) is 0 Å². The SMILES string of the molecule is C=CNCCCCC(C)N(C)Cc1cc(NC(C)CCCC)ccc1C=C. The Morgan fingerprint density at radius 2 is 1.89 bits per heavy atom. The fraction of sp³-hybridized carbons (Fsp3) is 0.583. The second kappa shape index (κ2) is 13.4. The van der Waals surface area contributed by atoms with Gasteiger partial charge >= 0.3 is 0 Å². The van der Waals surface area contributed by atoms with Crippen LogP contribution in [0.3, 0.4) is 0 Å². The smallest absolute Gasteiger partial charge is 0.0345 e. The van der Waals surface area contributed by atoms with E-state index in [0.29, 0.717) is 12.1 Å². The summed E-state index contributed by atoms with van der Waals surface area (Å²) in [6.45, 7) is 16.5. The van der Waals surface area contributed by atoms with Crippen molar-refractivity contribution < 1.29 is 0 Å². The van der Waals surface area contributed by atoms with E-state index >= 15 is 0 Å². The average molecular weight is 372 g/mol. The van der Waals surface area contributed by atoms with Crippen LogP contribution in [0, 0.1) is 0 Å². The van der Waals surface area contributed by atoms with Crippen molar-refractivity contribution in [3.8, 4) is 0 Å². The van der Waals surface area contributed by atoms with Gasteiger partial charge in [0.25, 0.3) is 0 Å². The predicted molar refractivity (Wildman–Crippen MR) is 122 cm³/mol. The summed E-state index contributed by atoms with van der Waals surface area (Å²) in [5.41, 5.74) is 3.80. The van der Waals surface area contributed by atoms with E-state index in [4.69, 9.17) is 0 Å². The summed E-state index contributed by atoms with van der Waals surface area (Å²) in [5, 5.41) is 6.83. The van der Waals surface area contributed by atoms with Gasteiger partial charge in [0, 0.05) is 30.9 Å². The Hall–Kier alpha value is -1.74. The highest BCUT2D eigenvalue weighted by Gasteiger charge is 2.12. The maximum atomic E-state index is 4.00. The molecule has 2 unspecified atom stereocenters. The van der Waals surface area contributed by atoms with Gasteiger partial charge < -0.3 is 10.6 Å². The molecule has 152 valence electrons. The molecule has 3 nitrogen and oxygen atoms in total. The van der Waals surface area contributed by atoms with E-state index < -0.39 is 0 Å². The van der Waals surface area contributed by atoms with Gasteiger partial charge in [-0.2, -0.15) is 0 Å². The molecule has 1 aromatic carbocycles. The quantitative estimate of drug-likeness (QED) is 0.368. The maximum Gasteiger partial charge on any atom is 0.0345 e. The topological polar surface area (TPSA) is 27.3 Å². The molecular formula is C24H41N3. The summed E-state index contributed by atoms with van der Waals surface area (Å²) in [7, 11) is 2.23. The van der Waals surface area contributed by atoms with Gasteiger partial charge in [0.15, 0.2) is 0 Å². The van der Waals surface area contributed by atoms with Crippen LogP contribution in [0.25, 0.3) is 6.08 Å². The molecule has 0 fully saturated rings. The Balaban J connectivity index is 2.63. The fourth-order valence-electron chi connectivity index (χ4n) is 3.31. The van der Waals surface area contributed by atoms with Gasteiger partial charge in [-0.15, -0.1) is 0 Å². The van der Waals surface area contributed by atoms with Crippen LogP contribution in [0.5, 0.6) is 0 Å². The van der Waals surface area contributed by atoms with E-state index in [1.165, 1.54) is 55.3 Å². The summed E-state index contributed by atoms with van der Waals surface area (Å²) < 4.78 is 0. The third-order valence-electron chi connectivity index (χ3n) is 5.28. The molecule has 1 aromatic rings. The zero-order valence-corrected chi connectivity index (χ0v) is 18.1. The van der Waals surface area contributed by atoms with Crippen molar-refractivity contribution in [1.82, 2.24) is 10.2 Å². The number of unbranched alkanes of at least 4 members (excludes halogenated alkanes) is 2. The van der Waals surface area contributed by atoms with E-state index in [0.717, 1.165) is 13.1 Å². The molecule has 0 amide bonds. The highest BCUT2D eigenvalue weighted by Crippen LogP contribution is 2.21. The Morgan fingerprint density at radius 3 is 2.56 bits per heavy atom. The standard InChI is InChI=1S/C24H41N3/c1-7-10-13-20(4)26-24-16-15-22(8-2)23(18-24)19-27(6)21(5)14-11-12-17-25-9-3/h8-9,15-16,18,20-21,25-26H,2-3,7,10-14,17,19H2,1,4-6H3. The van der Waals surface area contributed by atoms with Crippen LogP contribution in [0.4, 0.5) is 5.69 Å². The number of hydrogen-bond donors (Lipinski definition) is 2. The van der Waals surface area contributed by atoms with Gasteiger partial charge in [-0.25, -0.2) is 0 Å². The summed E-state index contributed by atoms with van der Waals surface area (Å²) in [5.74, 6) is 0. The lowest BCUT2D eigenvalue weighted by atomic mass is 10.0. The predicted octanol–water partition coefficient (Wildman–Crippen LogP) is 6.04. The Morgan fingerprint density at radius 1 is 1.11 bits per heavy atom. The molecule has 2 atom stereocenters. The minimum Gasteiger partial charge on any atom is -0.391 e. The van der Waals surface area contributed by atoms with Gasteiger partial charge in [0.2, 0.25) is 0 Å². The summed E-state index contributed by atoms with van der Waals surface area (Å²) >= 11 is 0. The molecule has 0 spiro atoms. The largest absolute Gasteiger partial charge is 0.391 e. The first-order chi connectivity index (χ1) is 13.0. The van der Waals surface area contributed by atoms with Crippen molar-refractivity contribution in [3.63, 3.8) is 0 Å². The average Bonchev–Trinajstić information content (AvgIpc) is 2.66. The van der Waals surface area contributed by atoms with Crippen molar-refractivity contribution in [3.05, 3.63) is 48.7 Å². The molecule has 0 heterocycles. The number of rotatable bonds is 15. The van der Waals surface area contributed by atoms with Crippen LogP contribution in [0.2, 0.25) is 0 Å². The van der Waals surface area contributed by atoms with Gasteiger partial charge in [-0.05, 0) is 69.6 Å². The molecule has 27 heavy (non-hydrogen) atoms. The Bertz CT molecular complexity index is 553.